The Morgan fingerprint density at radius 2 is 2.00 bits per heavy atom. The Bertz CT molecular complexity index is 605. The molecule has 1 aliphatic carbocycles. The van der Waals surface area contributed by atoms with Crippen molar-refractivity contribution < 1.29 is 0 Å². The molecule has 0 spiro atoms. The third kappa shape index (κ3) is 2.56. The van der Waals surface area contributed by atoms with Gasteiger partial charge in [-0.1, -0.05) is 31.5 Å². The number of hydrogen-bond donors (Lipinski definition) is 1. The highest BCUT2D eigenvalue weighted by molar-refractivity contribution is 7.19. The second-order valence-corrected chi connectivity index (χ2v) is 7.31. The Kier molecular flexibility index (Phi) is 3.40. The second-order valence-electron chi connectivity index (χ2n) is 6.21. The molecule has 0 saturated heterocycles. The molecule has 1 fully saturated rings. The first-order chi connectivity index (χ1) is 9.06. The van der Waals surface area contributed by atoms with Gasteiger partial charge >= 0.3 is 0 Å². The molecule has 1 aromatic carbocycles. The molecular weight excluding hydrogens is 250 g/mol. The van der Waals surface area contributed by atoms with E-state index < -0.39 is 0 Å². The van der Waals surface area contributed by atoms with E-state index in [-0.39, 0.29) is 0 Å². The zero-order valence-corrected chi connectivity index (χ0v) is 13.2. The average Bonchev–Trinajstić information content (AvgIpc) is 3.07. The molecular formula is C17H23NS. The Balaban J connectivity index is 2.08. The molecule has 2 aromatic rings. The SMILES string of the molecule is Cc1cc(C)c2sc(CNC3CC3)c(C(C)C)c2c1. The zero-order valence-electron chi connectivity index (χ0n) is 12.3. The molecule has 0 bridgehead atoms. The standard InChI is InChI=1S/C17H23NS/c1-10(2)16-14-8-11(3)7-12(4)17(14)19-15(16)9-18-13-5-6-13/h7-8,10,13,18H,5-6,9H2,1-4H3. The minimum Gasteiger partial charge on any atom is -0.309 e. The molecule has 2 heteroatoms. The molecule has 102 valence electrons. The molecule has 3 rings (SSSR count). The third-order valence-corrected chi connectivity index (χ3v) is 5.30. The van der Waals surface area contributed by atoms with Crippen LogP contribution in [-0.4, -0.2) is 6.04 Å². The smallest absolute Gasteiger partial charge is 0.0378 e. The number of nitrogens with one attached hydrogen (secondary N) is 1. The molecule has 19 heavy (non-hydrogen) atoms. The number of hydrogen-bond acceptors (Lipinski definition) is 2. The van der Waals surface area contributed by atoms with E-state index in [0.29, 0.717) is 5.92 Å². The molecule has 1 aliphatic rings. The van der Waals surface area contributed by atoms with Crippen LogP contribution in [0.2, 0.25) is 0 Å². The van der Waals surface area contributed by atoms with Crippen molar-refractivity contribution in [1.29, 1.82) is 0 Å². The van der Waals surface area contributed by atoms with Crippen LogP contribution < -0.4 is 5.32 Å². The third-order valence-electron chi connectivity index (χ3n) is 3.94. The summed E-state index contributed by atoms with van der Waals surface area (Å²) in [6.07, 6.45) is 2.72. The van der Waals surface area contributed by atoms with Crippen molar-refractivity contribution in [3.8, 4) is 0 Å². The van der Waals surface area contributed by atoms with Gasteiger partial charge in [0.1, 0.15) is 0 Å². The minimum absolute atomic E-state index is 0.603. The number of fused-ring (bicyclic) bond motifs is 1. The summed E-state index contributed by atoms with van der Waals surface area (Å²) in [4.78, 5) is 1.55. The Hall–Kier alpha value is -0.860. The van der Waals surface area contributed by atoms with E-state index in [0.717, 1.165) is 12.6 Å². The molecule has 0 atom stereocenters. The molecule has 0 amide bonds. The van der Waals surface area contributed by atoms with Crippen molar-refractivity contribution >= 4 is 21.4 Å². The molecule has 0 radical (unpaired) electrons. The fraction of sp³-hybridized carbons (Fsp3) is 0.529. The number of thiophene rings is 1. The van der Waals surface area contributed by atoms with Crippen LogP contribution in [0, 0.1) is 13.8 Å². The molecule has 1 saturated carbocycles. The van der Waals surface area contributed by atoms with Gasteiger partial charge in [0.15, 0.2) is 0 Å². The van der Waals surface area contributed by atoms with Crippen LogP contribution in [0.1, 0.15) is 54.2 Å². The first kappa shape index (κ1) is 13.1. The average molecular weight is 273 g/mol. The second kappa shape index (κ2) is 4.92. The van der Waals surface area contributed by atoms with Gasteiger partial charge in [0.2, 0.25) is 0 Å². The zero-order chi connectivity index (χ0) is 13.6. The molecule has 0 unspecified atom stereocenters. The maximum absolute atomic E-state index is 3.67. The van der Waals surface area contributed by atoms with E-state index in [2.05, 4.69) is 45.1 Å². The monoisotopic (exact) mass is 273 g/mol. The van der Waals surface area contributed by atoms with Gasteiger partial charge in [0.05, 0.1) is 0 Å². The minimum atomic E-state index is 0.603. The summed E-state index contributed by atoms with van der Waals surface area (Å²) in [5.41, 5.74) is 4.38. The predicted octanol–water partition coefficient (Wildman–Crippen LogP) is 4.89. The molecule has 0 aliphatic heterocycles. The summed E-state index contributed by atoms with van der Waals surface area (Å²) in [5, 5.41) is 5.16. The Morgan fingerprint density at radius 3 is 2.63 bits per heavy atom. The van der Waals surface area contributed by atoms with Crippen molar-refractivity contribution in [3.63, 3.8) is 0 Å². The first-order valence-electron chi connectivity index (χ1n) is 7.32. The summed E-state index contributed by atoms with van der Waals surface area (Å²) in [6.45, 7) is 10.1. The van der Waals surface area contributed by atoms with E-state index in [1.807, 2.05) is 11.3 Å². The first-order valence-corrected chi connectivity index (χ1v) is 8.14. The number of aryl methyl sites for hydroxylation is 2. The Morgan fingerprint density at radius 1 is 1.26 bits per heavy atom. The van der Waals surface area contributed by atoms with Crippen LogP contribution in [0.5, 0.6) is 0 Å². The highest BCUT2D eigenvalue weighted by Crippen LogP contribution is 2.38. The fourth-order valence-electron chi connectivity index (χ4n) is 2.91. The lowest BCUT2D eigenvalue weighted by Gasteiger charge is -2.09. The van der Waals surface area contributed by atoms with Gasteiger partial charge in [0.25, 0.3) is 0 Å². The maximum atomic E-state index is 3.67. The summed E-state index contributed by atoms with van der Waals surface area (Å²) in [6, 6.07) is 5.46. The van der Waals surface area contributed by atoms with Gasteiger partial charge in [0, 0.05) is 22.2 Å². The normalized spacial score (nSPS) is 15.6. The van der Waals surface area contributed by atoms with Crippen molar-refractivity contribution in [2.24, 2.45) is 0 Å². The van der Waals surface area contributed by atoms with Crippen molar-refractivity contribution in [1.82, 2.24) is 5.32 Å². The Labute approximate surface area is 120 Å². The summed E-state index contributed by atoms with van der Waals surface area (Å²) < 4.78 is 1.49. The molecule has 1 heterocycles. The largest absolute Gasteiger partial charge is 0.309 e. The molecule has 1 N–H and O–H groups in total. The van der Waals surface area contributed by atoms with Gasteiger partial charge in [-0.3, -0.25) is 0 Å². The van der Waals surface area contributed by atoms with Crippen molar-refractivity contribution in [2.75, 3.05) is 0 Å². The van der Waals surface area contributed by atoms with Crippen LogP contribution in [0.25, 0.3) is 10.1 Å². The van der Waals surface area contributed by atoms with E-state index in [1.54, 1.807) is 10.4 Å². The van der Waals surface area contributed by atoms with E-state index in [9.17, 15) is 0 Å². The number of rotatable bonds is 4. The van der Waals surface area contributed by atoms with Gasteiger partial charge < -0.3 is 5.32 Å². The van der Waals surface area contributed by atoms with Crippen LogP contribution in [0.4, 0.5) is 0 Å². The predicted molar refractivity (Wildman–Crippen MR) is 85.2 cm³/mol. The summed E-state index contributed by atoms with van der Waals surface area (Å²) >= 11 is 1.99. The number of benzene rings is 1. The quantitative estimate of drug-likeness (QED) is 0.836. The lowest BCUT2D eigenvalue weighted by molar-refractivity contribution is 0.686. The van der Waals surface area contributed by atoms with Crippen LogP contribution in [0.15, 0.2) is 12.1 Å². The summed E-state index contributed by atoms with van der Waals surface area (Å²) in [5.74, 6) is 0.603. The lowest BCUT2D eigenvalue weighted by atomic mass is 9.97. The van der Waals surface area contributed by atoms with E-state index in [1.165, 1.54) is 34.1 Å². The van der Waals surface area contributed by atoms with Gasteiger partial charge in [-0.25, -0.2) is 0 Å². The lowest BCUT2D eigenvalue weighted by Crippen LogP contribution is -2.15. The topological polar surface area (TPSA) is 12.0 Å². The van der Waals surface area contributed by atoms with Crippen molar-refractivity contribution in [2.45, 2.75) is 59.0 Å². The van der Waals surface area contributed by atoms with E-state index in [4.69, 9.17) is 0 Å². The van der Waals surface area contributed by atoms with Gasteiger partial charge in [-0.2, -0.15) is 0 Å². The van der Waals surface area contributed by atoms with Crippen LogP contribution in [-0.2, 0) is 6.54 Å². The van der Waals surface area contributed by atoms with Crippen LogP contribution in [0.3, 0.4) is 0 Å². The maximum Gasteiger partial charge on any atom is 0.0378 e. The molecule has 1 nitrogen and oxygen atoms in total. The summed E-state index contributed by atoms with van der Waals surface area (Å²) in [7, 11) is 0. The highest BCUT2D eigenvalue weighted by Gasteiger charge is 2.22. The van der Waals surface area contributed by atoms with Gasteiger partial charge in [-0.05, 0) is 49.1 Å². The van der Waals surface area contributed by atoms with Crippen molar-refractivity contribution in [3.05, 3.63) is 33.7 Å². The van der Waals surface area contributed by atoms with E-state index >= 15 is 0 Å². The van der Waals surface area contributed by atoms with Crippen LogP contribution >= 0.6 is 11.3 Å². The fourth-order valence-corrected chi connectivity index (χ4v) is 4.26. The molecule has 1 aromatic heterocycles. The highest BCUT2D eigenvalue weighted by atomic mass is 32.1. The van der Waals surface area contributed by atoms with Gasteiger partial charge in [-0.15, -0.1) is 11.3 Å².